The van der Waals surface area contributed by atoms with Gasteiger partial charge in [0.2, 0.25) is 0 Å². The monoisotopic (exact) mass is 530 g/mol. The summed E-state index contributed by atoms with van der Waals surface area (Å²) in [7, 11) is 1.35. The number of urea groups is 1. The molecule has 2 aromatic rings. The first kappa shape index (κ1) is 29.6. The number of hydrogen-bond acceptors (Lipinski definition) is 4. The van der Waals surface area contributed by atoms with E-state index in [1.807, 2.05) is 19.1 Å². The number of hydrogen-bond donors (Lipinski definition) is 1. The van der Waals surface area contributed by atoms with Crippen LogP contribution in [0.5, 0.6) is 0 Å². The Hall–Kier alpha value is -3.00. The Morgan fingerprint density at radius 1 is 1.03 bits per heavy atom. The van der Waals surface area contributed by atoms with E-state index in [4.69, 9.17) is 9.47 Å². The highest BCUT2D eigenvalue weighted by Crippen LogP contribution is 2.49. The largest absolute Gasteiger partial charge is 0.467 e. The van der Waals surface area contributed by atoms with Gasteiger partial charge in [0.15, 0.2) is 6.10 Å². The Morgan fingerprint density at radius 3 is 2.34 bits per heavy atom. The lowest BCUT2D eigenvalue weighted by molar-refractivity contribution is -0.153. The average Bonchev–Trinajstić information content (AvgIpc) is 3.69. The van der Waals surface area contributed by atoms with Crippen molar-refractivity contribution in [2.45, 2.75) is 76.7 Å². The van der Waals surface area contributed by atoms with Crippen LogP contribution in [0.15, 0.2) is 42.5 Å². The maximum absolute atomic E-state index is 14.2. The van der Waals surface area contributed by atoms with E-state index in [9.17, 15) is 18.4 Å². The molecule has 38 heavy (non-hydrogen) atoms. The maximum atomic E-state index is 14.2. The van der Waals surface area contributed by atoms with Crippen molar-refractivity contribution in [2.75, 3.05) is 32.1 Å². The van der Waals surface area contributed by atoms with Crippen LogP contribution >= 0.6 is 0 Å². The lowest BCUT2D eigenvalue weighted by Gasteiger charge is -2.28. The lowest BCUT2D eigenvalue weighted by Crippen LogP contribution is -2.41. The molecule has 0 heterocycles. The number of amides is 2. The number of ether oxygens (including phenoxy) is 2. The van der Waals surface area contributed by atoms with Crippen LogP contribution in [0.4, 0.5) is 19.3 Å². The first-order chi connectivity index (χ1) is 18.3. The van der Waals surface area contributed by atoms with Crippen LogP contribution in [0.1, 0.15) is 69.9 Å². The zero-order valence-electron chi connectivity index (χ0n) is 22.7. The lowest BCUT2D eigenvalue weighted by atomic mass is 9.93. The Balaban J connectivity index is 1.71. The number of halogens is 2. The number of carbonyl (C=O) groups excluding carboxylic acids is 2. The van der Waals surface area contributed by atoms with E-state index in [-0.39, 0.29) is 17.1 Å². The molecule has 0 spiro atoms. The summed E-state index contributed by atoms with van der Waals surface area (Å²) in [6.45, 7) is 5.49. The zero-order chi connectivity index (χ0) is 27.5. The zero-order valence-corrected chi connectivity index (χ0v) is 22.7. The highest BCUT2D eigenvalue weighted by atomic mass is 19.1. The Labute approximate surface area is 224 Å². The van der Waals surface area contributed by atoms with Gasteiger partial charge in [0.1, 0.15) is 11.6 Å². The van der Waals surface area contributed by atoms with Gasteiger partial charge in [0.25, 0.3) is 0 Å². The van der Waals surface area contributed by atoms with Crippen LogP contribution in [0.2, 0.25) is 0 Å². The van der Waals surface area contributed by atoms with Gasteiger partial charge in [-0.3, -0.25) is 0 Å². The highest BCUT2D eigenvalue weighted by Gasteiger charge is 2.46. The fourth-order valence-corrected chi connectivity index (χ4v) is 4.75. The number of nitrogens with zero attached hydrogens (tertiary/aromatic N) is 1. The fraction of sp³-hybridized carbons (Fsp3) is 0.533. The molecule has 1 unspecified atom stereocenters. The third kappa shape index (κ3) is 8.25. The summed E-state index contributed by atoms with van der Waals surface area (Å²) in [5.41, 5.74) is 1.90. The van der Waals surface area contributed by atoms with Crippen LogP contribution in [0.3, 0.4) is 0 Å². The normalized spacial score (nSPS) is 14.6. The first-order valence-electron chi connectivity index (χ1n) is 13.6. The minimum Gasteiger partial charge on any atom is -0.467 e. The van der Waals surface area contributed by atoms with E-state index in [2.05, 4.69) is 24.4 Å². The molecule has 1 N–H and O–H groups in total. The standard InChI is InChI=1S/C30H40F2N2O4/c1-4-6-7-8-9-18-34(29(36)33-26-15-14-24(31)20-25(26)32)21-30(16-17-30)23-12-10-22(11-13-23)19-27(38-5-2)28(35)37-3/h10-15,20,27H,4-9,16-19,21H2,1-3H3,(H,33,36). The molecule has 1 aliphatic rings. The predicted molar refractivity (Wildman–Crippen MR) is 144 cm³/mol. The Bertz CT molecular complexity index is 1060. The second-order valence-electron chi connectivity index (χ2n) is 10.0. The van der Waals surface area contributed by atoms with Gasteiger partial charge >= 0.3 is 12.0 Å². The van der Waals surface area contributed by atoms with E-state index in [0.29, 0.717) is 26.1 Å². The van der Waals surface area contributed by atoms with Crippen LogP contribution in [0.25, 0.3) is 0 Å². The molecule has 6 nitrogen and oxygen atoms in total. The number of unbranched alkanes of at least 4 members (excludes halogenated alkanes) is 4. The predicted octanol–water partition coefficient (Wildman–Crippen LogP) is 6.62. The molecule has 0 saturated heterocycles. The number of anilines is 1. The van der Waals surface area contributed by atoms with Crippen LogP contribution in [-0.2, 0) is 26.1 Å². The number of nitrogens with one attached hydrogen (secondary N) is 1. The maximum Gasteiger partial charge on any atom is 0.335 e. The molecule has 1 atom stereocenters. The van der Waals surface area contributed by atoms with Crippen LogP contribution in [0, 0.1) is 11.6 Å². The van der Waals surface area contributed by atoms with Gasteiger partial charge in [-0.25, -0.2) is 18.4 Å². The number of methoxy groups -OCH3 is 1. The smallest absolute Gasteiger partial charge is 0.335 e. The van der Waals surface area contributed by atoms with Crippen molar-refractivity contribution in [3.8, 4) is 0 Å². The summed E-state index contributed by atoms with van der Waals surface area (Å²) in [4.78, 5) is 27.0. The van der Waals surface area contributed by atoms with Gasteiger partial charge in [-0.2, -0.15) is 0 Å². The van der Waals surface area contributed by atoms with Crippen molar-refractivity contribution in [3.63, 3.8) is 0 Å². The number of carbonyl (C=O) groups is 2. The highest BCUT2D eigenvalue weighted by molar-refractivity contribution is 5.89. The summed E-state index contributed by atoms with van der Waals surface area (Å²) >= 11 is 0. The Kier molecular flexibility index (Phi) is 11.1. The number of benzene rings is 2. The van der Waals surface area contributed by atoms with E-state index in [1.165, 1.54) is 13.2 Å². The molecule has 8 heteroatoms. The molecule has 3 rings (SSSR count). The topological polar surface area (TPSA) is 67.9 Å². The second-order valence-corrected chi connectivity index (χ2v) is 10.0. The SMILES string of the molecule is CCCCCCCN(CC1(c2ccc(CC(OCC)C(=O)OC)cc2)CC1)C(=O)Nc1ccc(F)cc1F. The number of rotatable bonds is 15. The Morgan fingerprint density at radius 2 is 1.74 bits per heavy atom. The molecule has 1 saturated carbocycles. The summed E-state index contributed by atoms with van der Waals surface area (Å²) in [6.07, 6.45) is 6.95. The van der Waals surface area contributed by atoms with Crippen LogP contribution in [-0.4, -0.2) is 49.8 Å². The van der Waals surface area contributed by atoms with Crippen molar-refractivity contribution < 1.29 is 27.8 Å². The van der Waals surface area contributed by atoms with E-state index < -0.39 is 23.7 Å². The molecular formula is C30H40F2N2O4. The molecule has 2 amide bonds. The van der Waals surface area contributed by atoms with Gasteiger partial charge in [-0.15, -0.1) is 0 Å². The van der Waals surface area contributed by atoms with Crippen molar-refractivity contribution in [1.29, 1.82) is 0 Å². The molecule has 2 aromatic carbocycles. The van der Waals surface area contributed by atoms with Crippen molar-refractivity contribution >= 4 is 17.7 Å². The molecule has 0 aromatic heterocycles. The molecule has 0 radical (unpaired) electrons. The van der Waals surface area contributed by atoms with Gasteiger partial charge in [0, 0.05) is 37.6 Å². The molecule has 1 aliphatic carbocycles. The van der Waals surface area contributed by atoms with E-state index in [1.54, 1.807) is 4.90 Å². The van der Waals surface area contributed by atoms with Crippen LogP contribution < -0.4 is 5.32 Å². The van der Waals surface area contributed by atoms with Gasteiger partial charge in [-0.1, -0.05) is 56.9 Å². The molecule has 1 fully saturated rings. The van der Waals surface area contributed by atoms with Crippen molar-refractivity contribution in [3.05, 3.63) is 65.2 Å². The molecule has 0 bridgehead atoms. The second kappa shape index (κ2) is 14.2. The minimum absolute atomic E-state index is 0.0314. The summed E-state index contributed by atoms with van der Waals surface area (Å²) < 4.78 is 37.9. The van der Waals surface area contributed by atoms with E-state index >= 15 is 0 Å². The average molecular weight is 531 g/mol. The van der Waals surface area contributed by atoms with Gasteiger partial charge in [-0.05, 0) is 49.4 Å². The third-order valence-electron chi connectivity index (χ3n) is 7.16. The fourth-order valence-electron chi connectivity index (χ4n) is 4.75. The molecular weight excluding hydrogens is 490 g/mol. The third-order valence-corrected chi connectivity index (χ3v) is 7.16. The van der Waals surface area contributed by atoms with Gasteiger partial charge < -0.3 is 19.7 Å². The summed E-state index contributed by atoms with van der Waals surface area (Å²) in [5.74, 6) is -1.88. The molecule has 208 valence electrons. The number of esters is 1. The van der Waals surface area contributed by atoms with Crippen molar-refractivity contribution in [2.24, 2.45) is 0 Å². The molecule has 0 aliphatic heterocycles. The summed E-state index contributed by atoms with van der Waals surface area (Å²) in [5, 5.41) is 2.64. The first-order valence-corrected chi connectivity index (χ1v) is 13.6. The summed E-state index contributed by atoms with van der Waals surface area (Å²) in [6, 6.07) is 10.9. The van der Waals surface area contributed by atoms with Gasteiger partial charge in [0.05, 0.1) is 12.8 Å². The van der Waals surface area contributed by atoms with E-state index in [0.717, 1.165) is 68.2 Å². The minimum atomic E-state index is -0.796. The quantitative estimate of drug-likeness (QED) is 0.208. The van der Waals surface area contributed by atoms with Crippen molar-refractivity contribution in [1.82, 2.24) is 4.90 Å².